The lowest BCUT2D eigenvalue weighted by atomic mass is 10.0. The molecule has 0 amide bonds. The maximum atomic E-state index is 13.2. The van der Waals surface area contributed by atoms with Crippen LogP contribution in [0.4, 0.5) is 4.39 Å². The van der Waals surface area contributed by atoms with Crippen molar-refractivity contribution in [1.82, 2.24) is 5.43 Å². The number of benzene rings is 1. The van der Waals surface area contributed by atoms with Crippen LogP contribution < -0.4 is 11.3 Å². The molecule has 0 fully saturated rings. The van der Waals surface area contributed by atoms with Crippen LogP contribution in [0.1, 0.15) is 22.0 Å². The Kier molecular flexibility index (Phi) is 3.85. The number of fused-ring (bicyclic) bond motifs is 1. The summed E-state index contributed by atoms with van der Waals surface area (Å²) < 4.78 is 15.7. The summed E-state index contributed by atoms with van der Waals surface area (Å²) in [6, 6.07) is 9.28. The van der Waals surface area contributed by atoms with Gasteiger partial charge in [0.25, 0.3) is 0 Å². The predicted molar refractivity (Wildman–Crippen MR) is 84.6 cm³/mol. The minimum absolute atomic E-state index is 0.0590. The van der Waals surface area contributed by atoms with E-state index in [1.807, 2.05) is 13.0 Å². The standard InChI is InChI=1S/C15H15FN2S2/c1-9-6-11(16)3-2-10(9)7-12(18-17)14-8-15-13(20-14)4-5-19-15/h2-6,8,12,18H,7,17H2,1H3. The third-order valence-electron chi connectivity index (χ3n) is 3.43. The van der Waals surface area contributed by atoms with Crippen LogP contribution >= 0.6 is 22.7 Å². The highest BCUT2D eigenvalue weighted by atomic mass is 32.1. The predicted octanol–water partition coefficient (Wildman–Crippen LogP) is 4.16. The van der Waals surface area contributed by atoms with E-state index in [0.717, 1.165) is 17.5 Å². The molecule has 1 atom stereocenters. The van der Waals surface area contributed by atoms with Crippen molar-refractivity contribution in [2.45, 2.75) is 19.4 Å². The number of nitrogens with one attached hydrogen (secondary N) is 1. The molecule has 1 unspecified atom stereocenters. The average molecular weight is 306 g/mol. The number of hydrazine groups is 1. The summed E-state index contributed by atoms with van der Waals surface area (Å²) in [7, 11) is 0. The third kappa shape index (κ3) is 2.62. The van der Waals surface area contributed by atoms with Crippen LogP contribution in [0.5, 0.6) is 0 Å². The Morgan fingerprint density at radius 1 is 1.25 bits per heavy atom. The van der Waals surface area contributed by atoms with Crippen LogP contribution in [0.3, 0.4) is 0 Å². The molecule has 3 N–H and O–H groups in total. The zero-order valence-corrected chi connectivity index (χ0v) is 12.7. The molecule has 3 aromatic rings. The zero-order valence-electron chi connectivity index (χ0n) is 11.0. The number of hydrogen-bond donors (Lipinski definition) is 2. The first-order valence-corrected chi connectivity index (χ1v) is 8.05. The molecule has 0 saturated heterocycles. The molecule has 104 valence electrons. The molecule has 2 heterocycles. The van der Waals surface area contributed by atoms with E-state index in [0.29, 0.717) is 0 Å². The van der Waals surface area contributed by atoms with Gasteiger partial charge in [-0.2, -0.15) is 0 Å². The van der Waals surface area contributed by atoms with Crippen LogP contribution in [0.15, 0.2) is 35.7 Å². The molecule has 1 aromatic carbocycles. The molecule has 0 bridgehead atoms. The molecular weight excluding hydrogens is 291 g/mol. The monoisotopic (exact) mass is 306 g/mol. The van der Waals surface area contributed by atoms with Crippen LogP contribution in [0.2, 0.25) is 0 Å². The SMILES string of the molecule is Cc1cc(F)ccc1CC(NN)c1cc2sccc2s1. The summed E-state index contributed by atoms with van der Waals surface area (Å²) in [6.45, 7) is 1.93. The van der Waals surface area contributed by atoms with Gasteiger partial charge < -0.3 is 0 Å². The molecule has 5 heteroatoms. The highest BCUT2D eigenvalue weighted by molar-refractivity contribution is 7.26. The van der Waals surface area contributed by atoms with Gasteiger partial charge in [-0.25, -0.2) is 4.39 Å². The van der Waals surface area contributed by atoms with E-state index in [1.165, 1.54) is 20.3 Å². The van der Waals surface area contributed by atoms with E-state index < -0.39 is 0 Å². The molecule has 2 aromatic heterocycles. The summed E-state index contributed by atoms with van der Waals surface area (Å²) in [6.07, 6.45) is 0.760. The van der Waals surface area contributed by atoms with Gasteiger partial charge in [0.1, 0.15) is 5.82 Å². The van der Waals surface area contributed by atoms with Crippen molar-refractivity contribution < 1.29 is 4.39 Å². The lowest BCUT2D eigenvalue weighted by Crippen LogP contribution is -2.29. The van der Waals surface area contributed by atoms with Crippen molar-refractivity contribution in [3.05, 3.63) is 57.5 Å². The smallest absolute Gasteiger partial charge is 0.123 e. The fourth-order valence-corrected chi connectivity index (χ4v) is 4.49. The van der Waals surface area contributed by atoms with Crippen molar-refractivity contribution in [3.8, 4) is 0 Å². The van der Waals surface area contributed by atoms with Gasteiger partial charge in [-0.15, -0.1) is 22.7 Å². The van der Waals surface area contributed by atoms with E-state index in [-0.39, 0.29) is 11.9 Å². The Morgan fingerprint density at radius 2 is 2.10 bits per heavy atom. The van der Waals surface area contributed by atoms with Gasteiger partial charge in [-0.3, -0.25) is 11.3 Å². The van der Waals surface area contributed by atoms with Crippen LogP contribution in [0.25, 0.3) is 9.40 Å². The molecule has 0 radical (unpaired) electrons. The quantitative estimate of drug-likeness (QED) is 0.561. The van der Waals surface area contributed by atoms with E-state index in [4.69, 9.17) is 5.84 Å². The Labute approximate surface area is 125 Å². The lowest BCUT2D eigenvalue weighted by Gasteiger charge is -2.15. The number of aryl methyl sites for hydroxylation is 1. The third-order valence-corrected chi connectivity index (χ3v) is 5.64. The summed E-state index contributed by atoms with van der Waals surface area (Å²) in [4.78, 5) is 1.22. The highest BCUT2D eigenvalue weighted by Gasteiger charge is 2.15. The Balaban J connectivity index is 1.88. The van der Waals surface area contributed by atoms with Gasteiger partial charge >= 0.3 is 0 Å². The number of thiophene rings is 2. The second-order valence-electron chi connectivity index (χ2n) is 4.79. The zero-order chi connectivity index (χ0) is 14.1. The fraction of sp³-hybridized carbons (Fsp3) is 0.200. The maximum absolute atomic E-state index is 13.2. The average Bonchev–Trinajstić information content (AvgIpc) is 2.98. The van der Waals surface area contributed by atoms with Crippen molar-refractivity contribution in [3.63, 3.8) is 0 Å². The van der Waals surface area contributed by atoms with Crippen molar-refractivity contribution in [2.75, 3.05) is 0 Å². The highest BCUT2D eigenvalue weighted by Crippen LogP contribution is 2.34. The van der Waals surface area contributed by atoms with Gasteiger partial charge in [-0.05, 0) is 54.1 Å². The minimum Gasteiger partial charge on any atom is -0.271 e. The second-order valence-corrected chi connectivity index (χ2v) is 6.86. The first-order valence-electron chi connectivity index (χ1n) is 6.35. The molecule has 0 aliphatic rings. The Hall–Kier alpha value is -1.27. The summed E-state index contributed by atoms with van der Waals surface area (Å²) in [5.74, 6) is 5.51. The second kappa shape index (κ2) is 5.61. The van der Waals surface area contributed by atoms with Gasteiger partial charge in [0, 0.05) is 14.3 Å². The van der Waals surface area contributed by atoms with Gasteiger partial charge in [0.05, 0.1) is 6.04 Å². The normalized spacial score (nSPS) is 12.9. The van der Waals surface area contributed by atoms with Crippen molar-refractivity contribution >= 4 is 32.1 Å². The molecule has 3 rings (SSSR count). The van der Waals surface area contributed by atoms with Gasteiger partial charge in [0.2, 0.25) is 0 Å². The molecular formula is C15H15FN2S2. The number of rotatable bonds is 4. The first-order chi connectivity index (χ1) is 9.67. The Bertz CT molecular complexity index is 704. The summed E-state index contributed by atoms with van der Waals surface area (Å²) >= 11 is 3.50. The van der Waals surface area contributed by atoms with E-state index in [1.54, 1.807) is 28.7 Å². The molecule has 0 saturated carbocycles. The molecule has 20 heavy (non-hydrogen) atoms. The van der Waals surface area contributed by atoms with E-state index in [9.17, 15) is 4.39 Å². The van der Waals surface area contributed by atoms with Crippen LogP contribution in [-0.4, -0.2) is 0 Å². The number of hydrogen-bond acceptors (Lipinski definition) is 4. The molecule has 0 aliphatic carbocycles. The van der Waals surface area contributed by atoms with Crippen LogP contribution in [0, 0.1) is 12.7 Å². The minimum atomic E-state index is -0.194. The molecule has 0 aliphatic heterocycles. The first kappa shape index (κ1) is 13.7. The van der Waals surface area contributed by atoms with Crippen molar-refractivity contribution in [2.24, 2.45) is 5.84 Å². The number of nitrogens with two attached hydrogens (primary N) is 1. The van der Waals surface area contributed by atoms with Gasteiger partial charge in [-0.1, -0.05) is 6.07 Å². The maximum Gasteiger partial charge on any atom is 0.123 e. The van der Waals surface area contributed by atoms with Crippen LogP contribution in [-0.2, 0) is 6.42 Å². The molecule has 0 spiro atoms. The fourth-order valence-electron chi connectivity index (χ4n) is 2.31. The summed E-state index contributed by atoms with van der Waals surface area (Å²) in [5.41, 5.74) is 4.96. The Morgan fingerprint density at radius 3 is 2.80 bits per heavy atom. The van der Waals surface area contributed by atoms with Gasteiger partial charge in [0.15, 0.2) is 0 Å². The van der Waals surface area contributed by atoms with E-state index >= 15 is 0 Å². The summed E-state index contributed by atoms with van der Waals surface area (Å²) in [5, 5.41) is 2.10. The number of halogens is 1. The molecule has 2 nitrogen and oxygen atoms in total. The topological polar surface area (TPSA) is 38.0 Å². The van der Waals surface area contributed by atoms with E-state index in [2.05, 4.69) is 22.9 Å². The lowest BCUT2D eigenvalue weighted by molar-refractivity contribution is 0.558. The van der Waals surface area contributed by atoms with Crippen molar-refractivity contribution in [1.29, 1.82) is 0 Å². The largest absolute Gasteiger partial charge is 0.271 e.